The van der Waals surface area contributed by atoms with Gasteiger partial charge in [-0.3, -0.25) is 4.79 Å². The maximum atomic E-state index is 11.9. The van der Waals surface area contributed by atoms with Crippen molar-refractivity contribution in [1.29, 1.82) is 5.26 Å². The Morgan fingerprint density at radius 1 is 1.50 bits per heavy atom. The van der Waals surface area contributed by atoms with Gasteiger partial charge >= 0.3 is 0 Å². The maximum absolute atomic E-state index is 11.9. The van der Waals surface area contributed by atoms with Crippen molar-refractivity contribution in [3.05, 3.63) is 0 Å². The number of hydrogen-bond acceptors (Lipinski definition) is 3. The van der Waals surface area contributed by atoms with Crippen molar-refractivity contribution in [2.75, 3.05) is 13.1 Å². The molecular weight excluding hydrogens is 202 g/mol. The van der Waals surface area contributed by atoms with Crippen LogP contribution in [-0.2, 0) is 4.79 Å². The van der Waals surface area contributed by atoms with Crippen LogP contribution in [0.5, 0.6) is 0 Å². The SMILES string of the molecule is CC(C)C[C@@H](N)C(=O)N1CCC(C#N)CC1. The van der Waals surface area contributed by atoms with E-state index in [0.29, 0.717) is 19.0 Å². The summed E-state index contributed by atoms with van der Waals surface area (Å²) >= 11 is 0. The molecule has 4 heteroatoms. The molecule has 16 heavy (non-hydrogen) atoms. The fourth-order valence-corrected chi connectivity index (χ4v) is 2.07. The highest BCUT2D eigenvalue weighted by Gasteiger charge is 2.26. The van der Waals surface area contributed by atoms with E-state index in [-0.39, 0.29) is 17.9 Å². The van der Waals surface area contributed by atoms with E-state index in [4.69, 9.17) is 11.0 Å². The van der Waals surface area contributed by atoms with Gasteiger partial charge in [0.2, 0.25) is 5.91 Å². The monoisotopic (exact) mass is 223 g/mol. The van der Waals surface area contributed by atoms with Crippen LogP contribution in [0, 0.1) is 23.2 Å². The number of likely N-dealkylation sites (tertiary alicyclic amines) is 1. The molecule has 1 rings (SSSR count). The van der Waals surface area contributed by atoms with Gasteiger partial charge in [0.05, 0.1) is 12.1 Å². The summed E-state index contributed by atoms with van der Waals surface area (Å²) < 4.78 is 0. The summed E-state index contributed by atoms with van der Waals surface area (Å²) in [5.74, 6) is 0.603. The van der Waals surface area contributed by atoms with Crippen LogP contribution in [0.25, 0.3) is 0 Å². The first-order valence-electron chi connectivity index (χ1n) is 5.98. The molecule has 0 bridgehead atoms. The van der Waals surface area contributed by atoms with Gasteiger partial charge < -0.3 is 10.6 Å². The molecule has 1 heterocycles. The van der Waals surface area contributed by atoms with Crippen molar-refractivity contribution < 1.29 is 4.79 Å². The summed E-state index contributed by atoms with van der Waals surface area (Å²) in [4.78, 5) is 13.8. The van der Waals surface area contributed by atoms with Gasteiger partial charge in [-0.1, -0.05) is 13.8 Å². The van der Waals surface area contributed by atoms with Crippen molar-refractivity contribution in [2.45, 2.75) is 39.2 Å². The van der Waals surface area contributed by atoms with Gasteiger partial charge in [-0.05, 0) is 25.2 Å². The van der Waals surface area contributed by atoms with Crippen LogP contribution in [-0.4, -0.2) is 29.9 Å². The van der Waals surface area contributed by atoms with Crippen molar-refractivity contribution in [1.82, 2.24) is 4.90 Å². The number of rotatable bonds is 3. The molecule has 0 aromatic carbocycles. The Hall–Kier alpha value is -1.08. The van der Waals surface area contributed by atoms with E-state index < -0.39 is 0 Å². The minimum absolute atomic E-state index is 0.0464. The Morgan fingerprint density at radius 2 is 2.06 bits per heavy atom. The lowest BCUT2D eigenvalue weighted by Crippen LogP contribution is -2.47. The number of nitriles is 1. The summed E-state index contributed by atoms with van der Waals surface area (Å²) in [5, 5.41) is 8.77. The first-order chi connectivity index (χ1) is 7.54. The minimum atomic E-state index is -0.376. The summed E-state index contributed by atoms with van der Waals surface area (Å²) in [7, 11) is 0. The van der Waals surface area contributed by atoms with Gasteiger partial charge in [0.15, 0.2) is 0 Å². The number of carbonyl (C=O) groups excluding carboxylic acids is 1. The van der Waals surface area contributed by atoms with E-state index in [1.165, 1.54) is 0 Å². The zero-order valence-corrected chi connectivity index (χ0v) is 10.1. The number of hydrogen-bond donors (Lipinski definition) is 1. The van der Waals surface area contributed by atoms with E-state index in [1.54, 1.807) is 4.90 Å². The molecule has 90 valence electrons. The van der Waals surface area contributed by atoms with Crippen LogP contribution in [0.1, 0.15) is 33.1 Å². The molecule has 0 aromatic rings. The summed E-state index contributed by atoms with van der Waals surface area (Å²) in [6.07, 6.45) is 2.31. The summed E-state index contributed by atoms with van der Waals surface area (Å²) in [6, 6.07) is 1.88. The molecule has 1 saturated heterocycles. The summed E-state index contributed by atoms with van der Waals surface area (Å²) in [6.45, 7) is 5.50. The van der Waals surface area contributed by atoms with Gasteiger partial charge in [0.25, 0.3) is 0 Å². The number of amides is 1. The van der Waals surface area contributed by atoms with Gasteiger partial charge in [0, 0.05) is 19.0 Å². The lowest BCUT2D eigenvalue weighted by atomic mass is 9.97. The van der Waals surface area contributed by atoms with E-state index in [2.05, 4.69) is 19.9 Å². The highest BCUT2D eigenvalue weighted by Crippen LogP contribution is 2.17. The molecule has 1 atom stereocenters. The second-order valence-corrected chi connectivity index (χ2v) is 4.96. The van der Waals surface area contributed by atoms with Crippen LogP contribution >= 0.6 is 0 Å². The molecule has 0 aromatic heterocycles. The average molecular weight is 223 g/mol. The molecular formula is C12H21N3O. The zero-order valence-electron chi connectivity index (χ0n) is 10.1. The first-order valence-corrected chi connectivity index (χ1v) is 5.98. The van der Waals surface area contributed by atoms with Crippen molar-refractivity contribution in [2.24, 2.45) is 17.6 Å². The average Bonchev–Trinajstić information content (AvgIpc) is 2.27. The van der Waals surface area contributed by atoms with E-state index in [1.807, 2.05) is 0 Å². The van der Waals surface area contributed by atoms with Crippen molar-refractivity contribution >= 4 is 5.91 Å². The molecule has 0 radical (unpaired) electrons. The van der Waals surface area contributed by atoms with Crippen LogP contribution in [0.15, 0.2) is 0 Å². The van der Waals surface area contributed by atoms with Gasteiger partial charge in [-0.15, -0.1) is 0 Å². The standard InChI is InChI=1S/C12H21N3O/c1-9(2)7-11(14)12(16)15-5-3-10(8-13)4-6-15/h9-11H,3-7,14H2,1-2H3/t11-/m1/s1. The third-order valence-electron chi connectivity index (χ3n) is 3.03. The minimum Gasteiger partial charge on any atom is -0.341 e. The van der Waals surface area contributed by atoms with Gasteiger partial charge in [-0.25, -0.2) is 0 Å². The van der Waals surface area contributed by atoms with Crippen LogP contribution in [0.3, 0.4) is 0 Å². The Balaban J connectivity index is 2.41. The van der Waals surface area contributed by atoms with Crippen LogP contribution in [0.4, 0.5) is 0 Å². The smallest absolute Gasteiger partial charge is 0.239 e. The molecule has 1 aliphatic heterocycles. The zero-order chi connectivity index (χ0) is 12.1. The lowest BCUT2D eigenvalue weighted by molar-refractivity contribution is -0.134. The molecule has 1 aliphatic rings. The second-order valence-electron chi connectivity index (χ2n) is 4.96. The molecule has 0 spiro atoms. The first kappa shape index (κ1) is 13.0. The number of carbonyl (C=O) groups is 1. The molecule has 1 amide bonds. The van der Waals surface area contributed by atoms with E-state index >= 15 is 0 Å². The topological polar surface area (TPSA) is 70.1 Å². The predicted molar refractivity (Wildman–Crippen MR) is 62.3 cm³/mol. The predicted octanol–water partition coefficient (Wildman–Crippen LogP) is 1.12. The Labute approximate surface area is 97.4 Å². The maximum Gasteiger partial charge on any atom is 0.239 e. The largest absolute Gasteiger partial charge is 0.341 e. The fourth-order valence-electron chi connectivity index (χ4n) is 2.07. The fraction of sp³-hybridized carbons (Fsp3) is 0.833. The second kappa shape index (κ2) is 5.86. The Morgan fingerprint density at radius 3 is 2.50 bits per heavy atom. The third kappa shape index (κ3) is 3.49. The van der Waals surface area contributed by atoms with Gasteiger partial charge in [-0.2, -0.15) is 5.26 Å². The molecule has 0 aliphatic carbocycles. The number of nitrogens with two attached hydrogens (primary N) is 1. The highest BCUT2D eigenvalue weighted by atomic mass is 16.2. The Bertz CT molecular complexity index is 274. The molecule has 4 nitrogen and oxygen atoms in total. The highest BCUT2D eigenvalue weighted by molar-refractivity contribution is 5.81. The van der Waals surface area contributed by atoms with Crippen LogP contribution < -0.4 is 5.73 Å². The van der Waals surface area contributed by atoms with Gasteiger partial charge in [0.1, 0.15) is 0 Å². The summed E-state index contributed by atoms with van der Waals surface area (Å²) in [5.41, 5.74) is 5.86. The molecule has 2 N–H and O–H groups in total. The number of nitrogens with zero attached hydrogens (tertiary/aromatic N) is 2. The van der Waals surface area contributed by atoms with E-state index in [0.717, 1.165) is 19.3 Å². The van der Waals surface area contributed by atoms with E-state index in [9.17, 15) is 4.79 Å². The molecule has 0 unspecified atom stereocenters. The normalized spacial score (nSPS) is 19.6. The van der Waals surface area contributed by atoms with Crippen LogP contribution in [0.2, 0.25) is 0 Å². The van der Waals surface area contributed by atoms with Crippen molar-refractivity contribution in [3.63, 3.8) is 0 Å². The Kier molecular flexibility index (Phi) is 4.75. The third-order valence-corrected chi connectivity index (χ3v) is 3.03. The molecule has 1 fully saturated rings. The molecule has 0 saturated carbocycles. The quantitative estimate of drug-likeness (QED) is 0.779. The lowest BCUT2D eigenvalue weighted by Gasteiger charge is -2.31. The number of piperidine rings is 1. The van der Waals surface area contributed by atoms with Crippen molar-refractivity contribution in [3.8, 4) is 6.07 Å².